The Hall–Kier alpha value is -1.32. The minimum atomic E-state index is -1.02. The topological polar surface area (TPSA) is 46.3 Å². The lowest BCUT2D eigenvalue weighted by molar-refractivity contribution is 0.0476. The minimum Gasteiger partial charge on any atom is -0.382 e. The fourth-order valence-corrected chi connectivity index (χ4v) is 1.45. The zero-order chi connectivity index (χ0) is 11.8. The quantitative estimate of drug-likeness (QED) is 0.872. The number of halogens is 1. The molecule has 0 spiro atoms. The van der Waals surface area contributed by atoms with Crippen LogP contribution in [0.1, 0.15) is 19.6 Å². The van der Waals surface area contributed by atoms with Crippen molar-refractivity contribution in [3.8, 4) is 11.3 Å². The first-order chi connectivity index (χ1) is 7.47. The molecule has 1 aromatic heterocycles. The van der Waals surface area contributed by atoms with Crippen molar-refractivity contribution < 1.29 is 9.63 Å². The number of aromatic nitrogens is 1. The molecule has 1 aromatic carbocycles. The van der Waals surface area contributed by atoms with Crippen LogP contribution in [0.2, 0.25) is 5.02 Å². The Morgan fingerprint density at radius 1 is 1.25 bits per heavy atom. The highest BCUT2D eigenvalue weighted by Crippen LogP contribution is 2.26. The van der Waals surface area contributed by atoms with Crippen LogP contribution in [0.15, 0.2) is 34.9 Å². The molecule has 16 heavy (non-hydrogen) atoms. The number of aliphatic hydroxyl groups is 1. The van der Waals surface area contributed by atoms with Crippen molar-refractivity contribution in [3.63, 3.8) is 0 Å². The van der Waals surface area contributed by atoms with Gasteiger partial charge < -0.3 is 9.63 Å². The molecule has 0 aliphatic carbocycles. The van der Waals surface area contributed by atoms with E-state index in [9.17, 15) is 5.11 Å². The minimum absolute atomic E-state index is 0.442. The van der Waals surface area contributed by atoms with Crippen molar-refractivity contribution in [1.82, 2.24) is 5.16 Å². The molecule has 0 amide bonds. The van der Waals surface area contributed by atoms with Crippen molar-refractivity contribution in [2.45, 2.75) is 19.4 Å². The first-order valence-corrected chi connectivity index (χ1v) is 5.30. The maximum Gasteiger partial charge on any atom is 0.168 e. The van der Waals surface area contributed by atoms with Crippen LogP contribution >= 0.6 is 11.6 Å². The van der Waals surface area contributed by atoms with E-state index in [2.05, 4.69) is 5.16 Å². The van der Waals surface area contributed by atoms with Gasteiger partial charge in [0, 0.05) is 16.7 Å². The van der Waals surface area contributed by atoms with Gasteiger partial charge in [-0.1, -0.05) is 28.9 Å². The summed E-state index contributed by atoms with van der Waals surface area (Å²) in [6.45, 7) is 3.30. The Balaban J connectivity index is 2.35. The summed E-state index contributed by atoms with van der Waals surface area (Å²) in [6, 6.07) is 9.01. The van der Waals surface area contributed by atoms with Gasteiger partial charge in [-0.2, -0.15) is 0 Å². The Morgan fingerprint density at radius 2 is 1.88 bits per heavy atom. The fraction of sp³-hybridized carbons (Fsp3) is 0.250. The summed E-state index contributed by atoms with van der Waals surface area (Å²) in [5, 5.41) is 14.3. The van der Waals surface area contributed by atoms with Crippen molar-refractivity contribution in [2.24, 2.45) is 0 Å². The number of nitrogens with zero attached hydrogens (tertiary/aromatic N) is 1. The van der Waals surface area contributed by atoms with E-state index in [1.54, 1.807) is 32.0 Å². The molecule has 0 saturated heterocycles. The average molecular weight is 238 g/mol. The van der Waals surface area contributed by atoms with E-state index in [1.165, 1.54) is 0 Å². The van der Waals surface area contributed by atoms with E-state index in [1.807, 2.05) is 12.1 Å². The molecule has 0 aliphatic rings. The van der Waals surface area contributed by atoms with E-state index in [4.69, 9.17) is 16.1 Å². The summed E-state index contributed by atoms with van der Waals surface area (Å²) < 4.78 is 5.08. The van der Waals surface area contributed by atoms with Gasteiger partial charge in [-0.3, -0.25) is 0 Å². The highest BCUT2D eigenvalue weighted by Gasteiger charge is 2.22. The number of hydrogen-bond acceptors (Lipinski definition) is 3. The zero-order valence-electron chi connectivity index (χ0n) is 9.07. The predicted octanol–water partition coefficient (Wildman–Crippen LogP) is 3.22. The fourth-order valence-electron chi connectivity index (χ4n) is 1.32. The molecule has 4 heteroatoms. The summed E-state index contributed by atoms with van der Waals surface area (Å²) in [5.41, 5.74) is 0.579. The van der Waals surface area contributed by atoms with Gasteiger partial charge in [-0.25, -0.2) is 0 Å². The SMILES string of the molecule is CC(C)(O)c1cc(-c2ccc(Cl)cc2)no1. The first-order valence-electron chi connectivity index (χ1n) is 4.92. The van der Waals surface area contributed by atoms with Gasteiger partial charge in [-0.15, -0.1) is 0 Å². The molecule has 0 fully saturated rings. The van der Waals surface area contributed by atoms with Crippen LogP contribution in [0.5, 0.6) is 0 Å². The Bertz CT molecular complexity index is 482. The van der Waals surface area contributed by atoms with Crippen molar-refractivity contribution in [2.75, 3.05) is 0 Å². The van der Waals surface area contributed by atoms with Crippen LogP contribution in [0.4, 0.5) is 0 Å². The predicted molar refractivity (Wildman–Crippen MR) is 62.2 cm³/mol. The molecule has 0 radical (unpaired) electrons. The average Bonchev–Trinajstić information content (AvgIpc) is 2.67. The van der Waals surface area contributed by atoms with Gasteiger partial charge in [-0.05, 0) is 26.0 Å². The van der Waals surface area contributed by atoms with E-state index in [-0.39, 0.29) is 0 Å². The van der Waals surface area contributed by atoms with Crippen molar-refractivity contribution in [1.29, 1.82) is 0 Å². The molecule has 0 bridgehead atoms. The van der Waals surface area contributed by atoms with Gasteiger partial charge >= 0.3 is 0 Å². The second kappa shape index (κ2) is 3.92. The molecule has 3 nitrogen and oxygen atoms in total. The van der Waals surface area contributed by atoms with Crippen LogP contribution in [-0.2, 0) is 5.60 Å². The second-order valence-corrected chi connectivity index (χ2v) is 4.58. The highest BCUT2D eigenvalue weighted by atomic mass is 35.5. The monoisotopic (exact) mass is 237 g/mol. The first kappa shape index (κ1) is 11.2. The van der Waals surface area contributed by atoms with E-state index >= 15 is 0 Å². The summed E-state index contributed by atoms with van der Waals surface area (Å²) in [4.78, 5) is 0. The van der Waals surface area contributed by atoms with E-state index < -0.39 is 5.60 Å². The van der Waals surface area contributed by atoms with Gasteiger partial charge in [0.25, 0.3) is 0 Å². The zero-order valence-corrected chi connectivity index (χ0v) is 9.82. The van der Waals surface area contributed by atoms with E-state index in [0.717, 1.165) is 5.56 Å². The molecule has 0 unspecified atom stereocenters. The Labute approximate surface area is 98.6 Å². The molecule has 84 valence electrons. The number of hydrogen-bond donors (Lipinski definition) is 1. The Kier molecular flexibility index (Phi) is 2.74. The largest absolute Gasteiger partial charge is 0.382 e. The third-order valence-corrected chi connectivity index (χ3v) is 2.51. The molecule has 2 aromatic rings. The highest BCUT2D eigenvalue weighted by molar-refractivity contribution is 6.30. The van der Waals surface area contributed by atoms with Crippen LogP contribution in [0, 0.1) is 0 Å². The van der Waals surface area contributed by atoms with Crippen LogP contribution < -0.4 is 0 Å². The molecule has 0 saturated carbocycles. The molecular weight excluding hydrogens is 226 g/mol. The lowest BCUT2D eigenvalue weighted by Gasteiger charge is -2.10. The van der Waals surface area contributed by atoms with Gasteiger partial charge in [0.1, 0.15) is 11.3 Å². The maximum absolute atomic E-state index is 9.74. The molecular formula is C12H12ClNO2. The van der Waals surface area contributed by atoms with Gasteiger partial charge in [0.15, 0.2) is 5.76 Å². The molecule has 2 rings (SSSR count). The summed E-state index contributed by atoms with van der Waals surface area (Å²) in [7, 11) is 0. The summed E-state index contributed by atoms with van der Waals surface area (Å²) >= 11 is 5.79. The van der Waals surface area contributed by atoms with Crippen molar-refractivity contribution in [3.05, 3.63) is 41.1 Å². The third-order valence-electron chi connectivity index (χ3n) is 2.25. The molecule has 1 heterocycles. The lowest BCUT2D eigenvalue weighted by Crippen LogP contribution is -2.13. The lowest BCUT2D eigenvalue weighted by atomic mass is 10.1. The summed E-state index contributed by atoms with van der Waals surface area (Å²) in [6.07, 6.45) is 0. The normalized spacial score (nSPS) is 11.8. The van der Waals surface area contributed by atoms with E-state index in [0.29, 0.717) is 16.5 Å². The van der Waals surface area contributed by atoms with Crippen molar-refractivity contribution >= 4 is 11.6 Å². The number of benzene rings is 1. The van der Waals surface area contributed by atoms with Gasteiger partial charge in [0.05, 0.1) is 0 Å². The standard InChI is InChI=1S/C12H12ClNO2/c1-12(2,15)11-7-10(14-16-11)8-3-5-9(13)6-4-8/h3-7,15H,1-2H3. The molecule has 0 atom stereocenters. The van der Waals surface area contributed by atoms with Gasteiger partial charge in [0.2, 0.25) is 0 Å². The molecule has 1 N–H and O–H groups in total. The Morgan fingerprint density at radius 3 is 2.38 bits per heavy atom. The number of rotatable bonds is 2. The summed E-state index contributed by atoms with van der Waals surface area (Å²) in [5.74, 6) is 0.442. The maximum atomic E-state index is 9.74. The smallest absolute Gasteiger partial charge is 0.168 e. The second-order valence-electron chi connectivity index (χ2n) is 4.14. The van der Waals surface area contributed by atoms with Crippen LogP contribution in [-0.4, -0.2) is 10.3 Å². The molecule has 0 aliphatic heterocycles. The van der Waals surface area contributed by atoms with Crippen LogP contribution in [0.3, 0.4) is 0 Å². The third kappa shape index (κ3) is 2.26. The van der Waals surface area contributed by atoms with Crippen LogP contribution in [0.25, 0.3) is 11.3 Å².